The van der Waals surface area contributed by atoms with E-state index < -0.39 is 12.0 Å². The van der Waals surface area contributed by atoms with Crippen LogP contribution in [0.25, 0.3) is 0 Å². The number of carbonyl (C=O) groups excluding carboxylic acids is 2. The minimum atomic E-state index is -1.08. The topological polar surface area (TPSA) is 74.7 Å². The molecule has 0 radical (unpaired) electrons. The molecule has 0 aromatic carbocycles. The second-order valence-electron chi connectivity index (χ2n) is 6.53. The SMILES string of the molecule is CC(C)C[C@@H](C(=O)O)N1C(=O)[C@@H]2[C@H](C1=O)[C@H]1C=C[C@H]2C1. The van der Waals surface area contributed by atoms with Crippen LogP contribution in [-0.4, -0.2) is 33.8 Å². The molecule has 20 heavy (non-hydrogen) atoms. The largest absolute Gasteiger partial charge is 0.480 e. The first-order valence-corrected chi connectivity index (χ1v) is 7.20. The number of fused-ring (bicyclic) bond motifs is 5. The Labute approximate surface area is 117 Å². The number of carboxylic acid groups (broad SMARTS) is 1. The third-order valence-electron chi connectivity index (χ3n) is 4.80. The molecular weight excluding hydrogens is 258 g/mol. The molecule has 2 bridgehead atoms. The second-order valence-corrected chi connectivity index (χ2v) is 6.53. The van der Waals surface area contributed by atoms with Crippen LogP contribution in [0.1, 0.15) is 26.7 Å². The average molecular weight is 277 g/mol. The van der Waals surface area contributed by atoms with Crippen molar-refractivity contribution in [3.8, 4) is 0 Å². The minimum absolute atomic E-state index is 0.118. The standard InChI is InChI=1S/C15H19NO4/c1-7(2)5-10(15(19)20)16-13(17)11-8-3-4-9(6-8)12(11)14(16)18/h3-4,7-12H,5-6H2,1-2H3,(H,19,20)/t8-,9-,10-,11-,12+/m0/s1. The van der Waals surface area contributed by atoms with Crippen LogP contribution in [0.5, 0.6) is 0 Å². The lowest BCUT2D eigenvalue weighted by Gasteiger charge is -2.25. The number of aliphatic carboxylic acids is 1. The van der Waals surface area contributed by atoms with Gasteiger partial charge < -0.3 is 5.11 Å². The summed E-state index contributed by atoms with van der Waals surface area (Å²) in [5, 5.41) is 9.37. The predicted octanol–water partition coefficient (Wildman–Crippen LogP) is 1.29. The lowest BCUT2D eigenvalue weighted by atomic mass is 9.85. The number of hydrogen-bond acceptors (Lipinski definition) is 3. The van der Waals surface area contributed by atoms with E-state index >= 15 is 0 Å². The molecule has 1 N–H and O–H groups in total. The van der Waals surface area contributed by atoms with E-state index in [9.17, 15) is 19.5 Å². The summed E-state index contributed by atoms with van der Waals surface area (Å²) in [7, 11) is 0. The maximum atomic E-state index is 12.5. The summed E-state index contributed by atoms with van der Waals surface area (Å²) < 4.78 is 0. The Morgan fingerprint density at radius 3 is 2.15 bits per heavy atom. The number of amides is 2. The lowest BCUT2D eigenvalue weighted by molar-refractivity contribution is -0.156. The summed E-state index contributed by atoms with van der Waals surface area (Å²) in [5.74, 6) is -1.89. The summed E-state index contributed by atoms with van der Waals surface area (Å²) in [6.07, 6.45) is 5.20. The van der Waals surface area contributed by atoms with Crippen molar-refractivity contribution in [3.05, 3.63) is 12.2 Å². The van der Waals surface area contributed by atoms with E-state index in [1.54, 1.807) is 0 Å². The lowest BCUT2D eigenvalue weighted by Crippen LogP contribution is -2.47. The third-order valence-corrected chi connectivity index (χ3v) is 4.80. The van der Waals surface area contributed by atoms with Crippen LogP contribution in [0.3, 0.4) is 0 Å². The van der Waals surface area contributed by atoms with E-state index in [0.29, 0.717) is 6.42 Å². The zero-order chi connectivity index (χ0) is 14.6. The van der Waals surface area contributed by atoms with Crippen molar-refractivity contribution in [2.75, 3.05) is 0 Å². The summed E-state index contributed by atoms with van der Waals surface area (Å²) in [5.41, 5.74) is 0. The zero-order valence-electron chi connectivity index (χ0n) is 11.7. The summed E-state index contributed by atoms with van der Waals surface area (Å²) >= 11 is 0. The molecule has 5 heteroatoms. The molecule has 0 spiro atoms. The van der Waals surface area contributed by atoms with Crippen molar-refractivity contribution in [2.24, 2.45) is 29.6 Å². The number of allylic oxidation sites excluding steroid dienone is 2. The quantitative estimate of drug-likeness (QED) is 0.620. The Hall–Kier alpha value is -1.65. The Morgan fingerprint density at radius 1 is 1.25 bits per heavy atom. The van der Waals surface area contributed by atoms with Gasteiger partial charge in [-0.2, -0.15) is 0 Å². The van der Waals surface area contributed by atoms with Crippen molar-refractivity contribution in [3.63, 3.8) is 0 Å². The maximum absolute atomic E-state index is 12.5. The van der Waals surface area contributed by atoms with Crippen molar-refractivity contribution < 1.29 is 19.5 Å². The number of imide groups is 1. The van der Waals surface area contributed by atoms with Gasteiger partial charge in [-0.15, -0.1) is 0 Å². The third kappa shape index (κ3) is 1.72. The van der Waals surface area contributed by atoms with Gasteiger partial charge in [0.15, 0.2) is 0 Å². The fourth-order valence-electron chi connectivity index (χ4n) is 4.00. The Kier molecular flexibility index (Phi) is 2.96. The molecule has 0 unspecified atom stereocenters. The van der Waals surface area contributed by atoms with Crippen molar-refractivity contribution in [1.29, 1.82) is 0 Å². The first-order valence-electron chi connectivity index (χ1n) is 7.20. The summed E-state index contributed by atoms with van der Waals surface area (Å²) in [4.78, 5) is 37.5. The number of carboxylic acids is 1. The first-order chi connectivity index (χ1) is 9.41. The van der Waals surface area contributed by atoms with Crippen molar-refractivity contribution >= 4 is 17.8 Å². The minimum Gasteiger partial charge on any atom is -0.480 e. The molecule has 2 fully saturated rings. The van der Waals surface area contributed by atoms with Crippen LogP contribution in [0.15, 0.2) is 12.2 Å². The van der Waals surface area contributed by atoms with Gasteiger partial charge in [-0.25, -0.2) is 4.79 Å². The van der Waals surface area contributed by atoms with Crippen LogP contribution >= 0.6 is 0 Å². The van der Waals surface area contributed by atoms with Gasteiger partial charge in [-0.1, -0.05) is 26.0 Å². The number of hydrogen-bond donors (Lipinski definition) is 1. The van der Waals surface area contributed by atoms with Crippen LogP contribution in [-0.2, 0) is 14.4 Å². The second kappa shape index (κ2) is 4.43. The van der Waals surface area contributed by atoms with E-state index in [2.05, 4.69) is 0 Å². The van der Waals surface area contributed by atoms with Gasteiger partial charge in [0.25, 0.3) is 0 Å². The molecule has 1 saturated carbocycles. The van der Waals surface area contributed by atoms with Gasteiger partial charge in [0.05, 0.1) is 11.8 Å². The highest BCUT2D eigenvalue weighted by molar-refractivity contribution is 6.08. The predicted molar refractivity (Wildman–Crippen MR) is 70.4 cm³/mol. The fourth-order valence-corrected chi connectivity index (χ4v) is 4.00. The molecule has 5 atom stereocenters. The van der Waals surface area contributed by atoms with Gasteiger partial charge in [0.2, 0.25) is 11.8 Å². The smallest absolute Gasteiger partial charge is 0.326 e. The van der Waals surface area contributed by atoms with Crippen LogP contribution in [0.4, 0.5) is 0 Å². The molecule has 1 aliphatic heterocycles. The molecule has 2 aliphatic carbocycles. The molecule has 3 aliphatic rings. The van der Waals surface area contributed by atoms with E-state index in [4.69, 9.17) is 0 Å². The normalized spacial score (nSPS) is 36.0. The van der Waals surface area contributed by atoms with Crippen LogP contribution < -0.4 is 0 Å². The number of likely N-dealkylation sites (tertiary alicyclic amines) is 1. The summed E-state index contributed by atoms with van der Waals surface area (Å²) in [6, 6.07) is -1.01. The molecule has 5 nitrogen and oxygen atoms in total. The van der Waals surface area contributed by atoms with Gasteiger partial charge in [-0.3, -0.25) is 14.5 Å². The zero-order valence-corrected chi connectivity index (χ0v) is 11.7. The van der Waals surface area contributed by atoms with E-state index in [1.165, 1.54) is 0 Å². The number of rotatable bonds is 4. The highest BCUT2D eigenvalue weighted by atomic mass is 16.4. The molecule has 108 valence electrons. The number of nitrogens with zero attached hydrogens (tertiary/aromatic N) is 1. The first kappa shape index (κ1) is 13.3. The van der Waals surface area contributed by atoms with Crippen molar-refractivity contribution in [1.82, 2.24) is 4.90 Å². The highest BCUT2D eigenvalue weighted by Gasteiger charge is 2.61. The average Bonchev–Trinajstić information content (AvgIpc) is 3.01. The van der Waals surface area contributed by atoms with Gasteiger partial charge in [0, 0.05) is 0 Å². The van der Waals surface area contributed by atoms with Gasteiger partial charge in [-0.05, 0) is 30.6 Å². The molecular formula is C15H19NO4. The van der Waals surface area contributed by atoms with Crippen LogP contribution in [0, 0.1) is 29.6 Å². The van der Waals surface area contributed by atoms with Gasteiger partial charge >= 0.3 is 5.97 Å². The van der Waals surface area contributed by atoms with E-state index in [-0.39, 0.29) is 41.4 Å². The van der Waals surface area contributed by atoms with E-state index in [1.807, 2.05) is 26.0 Å². The maximum Gasteiger partial charge on any atom is 0.326 e. The monoisotopic (exact) mass is 277 g/mol. The Bertz CT molecular complexity index is 480. The highest BCUT2D eigenvalue weighted by Crippen LogP contribution is 2.53. The molecule has 1 heterocycles. The Balaban J connectivity index is 1.90. The fraction of sp³-hybridized carbons (Fsp3) is 0.667. The molecule has 0 aromatic rings. The van der Waals surface area contributed by atoms with E-state index in [0.717, 1.165) is 11.3 Å². The molecule has 1 saturated heterocycles. The summed E-state index contributed by atoms with van der Waals surface area (Å²) in [6.45, 7) is 3.79. The Morgan fingerprint density at radius 2 is 1.75 bits per heavy atom. The molecule has 2 amide bonds. The molecule has 3 rings (SSSR count). The molecule has 0 aromatic heterocycles. The van der Waals surface area contributed by atoms with Gasteiger partial charge in [0.1, 0.15) is 6.04 Å². The van der Waals surface area contributed by atoms with Crippen LogP contribution in [0.2, 0.25) is 0 Å². The van der Waals surface area contributed by atoms with Crippen molar-refractivity contribution in [2.45, 2.75) is 32.7 Å². The number of carbonyl (C=O) groups is 3.